The Morgan fingerprint density at radius 3 is 3.19 bits per heavy atom. The monoisotopic (exact) mass is 365 g/mol. The number of nitrogen functional groups attached to an aromatic ring is 1. The van der Waals surface area contributed by atoms with Gasteiger partial charge >= 0.3 is 0 Å². The minimum atomic E-state index is -0.00984. The molecule has 0 saturated carbocycles. The lowest BCUT2D eigenvalue weighted by molar-refractivity contribution is -0.116. The number of carbonyl (C=O) groups excluding carboxylic acids is 1. The number of carbonyl (C=O) groups is 1. The number of hydrogen-bond acceptors (Lipinski definition) is 5. The summed E-state index contributed by atoms with van der Waals surface area (Å²) < 4.78 is 4.49. The van der Waals surface area contributed by atoms with E-state index in [9.17, 15) is 4.79 Å². The molecule has 0 atom stereocenters. The second-order valence-corrected chi connectivity index (χ2v) is 5.81. The molecule has 0 radical (unpaired) electrons. The molecular formula is C9H8IN3OS2. The maximum Gasteiger partial charge on any atom is 0.239 e. The van der Waals surface area contributed by atoms with Crippen molar-refractivity contribution >= 4 is 67.8 Å². The lowest BCUT2D eigenvalue weighted by Crippen LogP contribution is -2.13. The fourth-order valence-electron chi connectivity index (χ4n) is 1.14. The zero-order chi connectivity index (χ0) is 11.5. The lowest BCUT2D eigenvalue weighted by Gasteiger charge is -1.93. The van der Waals surface area contributed by atoms with Crippen molar-refractivity contribution in [2.45, 2.75) is 4.34 Å². The molecule has 0 bridgehead atoms. The zero-order valence-electron chi connectivity index (χ0n) is 8.07. The van der Waals surface area contributed by atoms with Crippen molar-refractivity contribution in [3.63, 3.8) is 0 Å². The number of thioether (sulfide) groups is 1. The maximum atomic E-state index is 11.1. The fourth-order valence-corrected chi connectivity index (χ4v) is 3.50. The molecule has 1 amide bonds. The van der Waals surface area contributed by atoms with Crippen molar-refractivity contribution in [3.05, 3.63) is 18.2 Å². The van der Waals surface area contributed by atoms with Crippen molar-refractivity contribution in [3.8, 4) is 0 Å². The van der Waals surface area contributed by atoms with Crippen LogP contribution in [-0.4, -0.2) is 16.6 Å². The van der Waals surface area contributed by atoms with Crippen LogP contribution in [0.15, 0.2) is 22.5 Å². The van der Waals surface area contributed by atoms with Crippen molar-refractivity contribution in [2.75, 3.05) is 11.5 Å². The number of thiazole rings is 1. The highest BCUT2D eigenvalue weighted by atomic mass is 127. The van der Waals surface area contributed by atoms with Gasteiger partial charge in [-0.1, -0.05) is 11.8 Å². The summed E-state index contributed by atoms with van der Waals surface area (Å²) in [5.41, 5.74) is 7.35. The molecule has 7 heteroatoms. The highest BCUT2D eigenvalue weighted by Gasteiger charge is 2.06. The SMILES string of the molecule is Nc1ccc2nc(SCC(=O)NI)sc2c1. The topological polar surface area (TPSA) is 68.0 Å². The molecule has 16 heavy (non-hydrogen) atoms. The van der Waals surface area contributed by atoms with Gasteiger partial charge in [0.25, 0.3) is 0 Å². The molecule has 3 N–H and O–H groups in total. The molecule has 0 fully saturated rings. The normalized spacial score (nSPS) is 10.6. The molecular weight excluding hydrogens is 357 g/mol. The number of nitrogens with two attached hydrogens (primary N) is 1. The Morgan fingerprint density at radius 1 is 1.62 bits per heavy atom. The van der Waals surface area contributed by atoms with Gasteiger partial charge in [-0.2, -0.15) is 0 Å². The summed E-state index contributed by atoms with van der Waals surface area (Å²) in [6.45, 7) is 0. The molecule has 84 valence electrons. The van der Waals surface area contributed by atoms with Crippen molar-refractivity contribution in [1.82, 2.24) is 8.51 Å². The number of fused-ring (bicyclic) bond motifs is 1. The number of amides is 1. The summed E-state index contributed by atoms with van der Waals surface area (Å²) in [7, 11) is 0. The van der Waals surface area contributed by atoms with E-state index in [1.54, 1.807) is 11.3 Å². The van der Waals surface area contributed by atoms with Gasteiger partial charge in [0.05, 0.1) is 38.8 Å². The van der Waals surface area contributed by atoms with Crippen LogP contribution in [0.4, 0.5) is 5.69 Å². The highest BCUT2D eigenvalue weighted by Crippen LogP contribution is 2.30. The first-order chi connectivity index (χ1) is 7.69. The summed E-state index contributed by atoms with van der Waals surface area (Å²) in [5.74, 6) is 0.377. The van der Waals surface area contributed by atoms with E-state index in [0.29, 0.717) is 5.75 Å². The summed E-state index contributed by atoms with van der Waals surface area (Å²) >= 11 is 4.82. The molecule has 2 aromatic rings. The quantitative estimate of drug-likeness (QED) is 0.380. The Hall–Kier alpha value is -0.540. The second kappa shape index (κ2) is 5.19. The molecule has 0 unspecified atom stereocenters. The second-order valence-electron chi connectivity index (χ2n) is 3.01. The van der Waals surface area contributed by atoms with Crippen LogP contribution in [0.25, 0.3) is 10.2 Å². The van der Waals surface area contributed by atoms with Gasteiger partial charge in [-0.3, -0.25) is 8.32 Å². The molecule has 1 heterocycles. The highest BCUT2D eigenvalue weighted by molar-refractivity contribution is 14.1. The molecule has 4 nitrogen and oxygen atoms in total. The summed E-state index contributed by atoms with van der Waals surface area (Å²) in [5, 5.41) is 0. The number of hydrogen-bond donors (Lipinski definition) is 2. The molecule has 0 spiro atoms. The zero-order valence-corrected chi connectivity index (χ0v) is 11.9. The van der Waals surface area contributed by atoms with E-state index in [-0.39, 0.29) is 5.91 Å². The van der Waals surface area contributed by atoms with E-state index in [2.05, 4.69) is 8.51 Å². The third-order valence-corrected chi connectivity index (χ3v) is 4.59. The molecule has 2 rings (SSSR count). The van der Waals surface area contributed by atoms with E-state index in [4.69, 9.17) is 5.73 Å². The van der Waals surface area contributed by atoms with Gasteiger partial charge in [0.15, 0.2) is 4.34 Å². The van der Waals surface area contributed by atoms with E-state index >= 15 is 0 Å². The molecule has 0 aliphatic rings. The van der Waals surface area contributed by atoms with Crippen LogP contribution < -0.4 is 9.26 Å². The van der Waals surface area contributed by atoms with Crippen molar-refractivity contribution in [1.29, 1.82) is 0 Å². The average molecular weight is 365 g/mol. The Morgan fingerprint density at radius 2 is 2.44 bits per heavy atom. The van der Waals surface area contributed by atoms with Crippen molar-refractivity contribution < 1.29 is 4.79 Å². The predicted octanol–water partition coefficient (Wildman–Crippen LogP) is 2.44. The Balaban J connectivity index is 2.16. The molecule has 0 aliphatic heterocycles. The van der Waals surface area contributed by atoms with Gasteiger partial charge in [-0.05, 0) is 18.2 Å². The standard InChI is InChI=1S/C9H8IN3OS2/c10-13-8(14)4-15-9-12-6-2-1-5(11)3-7(6)16-9/h1-3H,4,11H2,(H,13,14). The number of nitrogens with one attached hydrogen (secondary N) is 1. The van der Waals surface area contributed by atoms with Gasteiger partial charge in [0, 0.05) is 5.69 Å². The number of rotatable bonds is 3. The maximum absolute atomic E-state index is 11.1. The third-order valence-electron chi connectivity index (χ3n) is 1.83. The van der Waals surface area contributed by atoms with Gasteiger partial charge in [-0.25, -0.2) is 4.98 Å². The minimum Gasteiger partial charge on any atom is -0.399 e. The van der Waals surface area contributed by atoms with Crippen LogP contribution in [0.1, 0.15) is 0 Å². The van der Waals surface area contributed by atoms with Crippen LogP contribution in [0.3, 0.4) is 0 Å². The molecule has 0 aliphatic carbocycles. The van der Waals surface area contributed by atoms with E-state index < -0.39 is 0 Å². The van der Waals surface area contributed by atoms with Gasteiger partial charge in [0.2, 0.25) is 5.91 Å². The average Bonchev–Trinajstić information content (AvgIpc) is 2.67. The number of halogens is 1. The molecule has 1 aromatic heterocycles. The summed E-state index contributed by atoms with van der Waals surface area (Å²) in [6.07, 6.45) is 0. The third kappa shape index (κ3) is 2.77. The fraction of sp³-hybridized carbons (Fsp3) is 0.111. The van der Waals surface area contributed by atoms with Crippen LogP contribution in [0.2, 0.25) is 0 Å². The Bertz CT molecular complexity index is 528. The van der Waals surface area contributed by atoms with Gasteiger partial charge in [-0.15, -0.1) is 11.3 Å². The van der Waals surface area contributed by atoms with Crippen LogP contribution in [0, 0.1) is 0 Å². The van der Waals surface area contributed by atoms with Gasteiger partial charge < -0.3 is 5.73 Å². The van der Waals surface area contributed by atoms with Crippen LogP contribution in [0.5, 0.6) is 0 Å². The number of aromatic nitrogens is 1. The minimum absolute atomic E-state index is 0.00984. The first-order valence-electron chi connectivity index (χ1n) is 4.37. The molecule has 0 saturated heterocycles. The lowest BCUT2D eigenvalue weighted by atomic mass is 10.3. The van der Waals surface area contributed by atoms with E-state index in [0.717, 1.165) is 20.2 Å². The number of nitrogens with zero attached hydrogens (tertiary/aromatic N) is 1. The number of anilines is 1. The van der Waals surface area contributed by atoms with Crippen molar-refractivity contribution in [2.24, 2.45) is 0 Å². The first-order valence-corrected chi connectivity index (χ1v) is 7.25. The Kier molecular flexibility index (Phi) is 3.87. The smallest absolute Gasteiger partial charge is 0.239 e. The Labute approximate surface area is 114 Å². The predicted molar refractivity (Wildman–Crippen MR) is 76.9 cm³/mol. The number of benzene rings is 1. The van der Waals surface area contributed by atoms with E-state index in [1.807, 2.05) is 41.1 Å². The largest absolute Gasteiger partial charge is 0.399 e. The summed E-state index contributed by atoms with van der Waals surface area (Å²) in [4.78, 5) is 15.5. The van der Waals surface area contributed by atoms with Gasteiger partial charge in [0.1, 0.15) is 0 Å². The van der Waals surface area contributed by atoms with Crippen LogP contribution in [-0.2, 0) is 4.79 Å². The summed E-state index contributed by atoms with van der Waals surface area (Å²) in [6, 6.07) is 5.62. The van der Waals surface area contributed by atoms with Crippen LogP contribution >= 0.6 is 46.0 Å². The first kappa shape index (κ1) is 11.9. The van der Waals surface area contributed by atoms with E-state index in [1.165, 1.54) is 11.8 Å². The molecule has 1 aromatic carbocycles.